The Hall–Kier alpha value is -2.42. The number of carbonyl (C=O) groups is 2. The molecule has 0 aliphatic carbocycles. The quantitative estimate of drug-likeness (QED) is 0.445. The second-order valence-electron chi connectivity index (χ2n) is 9.88. The van der Waals surface area contributed by atoms with E-state index in [9.17, 15) is 19.8 Å². The van der Waals surface area contributed by atoms with Crippen molar-refractivity contribution in [3.63, 3.8) is 0 Å². The Morgan fingerprint density at radius 1 is 0.968 bits per heavy atom. The van der Waals surface area contributed by atoms with Crippen LogP contribution in [0.3, 0.4) is 0 Å². The normalized spacial score (nSPS) is 12.5. The lowest BCUT2D eigenvalue weighted by atomic mass is 9.99. The summed E-state index contributed by atoms with van der Waals surface area (Å²) in [5.41, 5.74) is -1.41. The molecule has 0 saturated heterocycles. The van der Waals surface area contributed by atoms with Crippen LogP contribution in [0, 0.1) is 0 Å². The highest BCUT2D eigenvalue weighted by molar-refractivity contribution is 5.70. The van der Waals surface area contributed by atoms with E-state index >= 15 is 0 Å². The Morgan fingerprint density at radius 2 is 1.55 bits per heavy atom. The van der Waals surface area contributed by atoms with Gasteiger partial charge in [0.15, 0.2) is 0 Å². The molecule has 31 heavy (non-hydrogen) atoms. The van der Waals surface area contributed by atoms with Crippen LogP contribution in [0.25, 0.3) is 0 Å². The summed E-state index contributed by atoms with van der Waals surface area (Å²) in [7, 11) is 0. The van der Waals surface area contributed by atoms with E-state index in [2.05, 4.69) is 5.32 Å². The first-order chi connectivity index (χ1) is 14.1. The molecule has 0 unspecified atom stereocenters. The number of amides is 1. The highest BCUT2D eigenvalue weighted by Crippen LogP contribution is 2.22. The molecule has 9 heteroatoms. The van der Waals surface area contributed by atoms with Gasteiger partial charge in [-0.15, -0.1) is 4.73 Å². The number of carbonyl (C=O) groups excluding carboxylic acids is 2. The highest BCUT2D eigenvalue weighted by atomic mass is 16.7. The summed E-state index contributed by atoms with van der Waals surface area (Å²) in [5.74, 6) is -1.23. The lowest BCUT2D eigenvalue weighted by molar-refractivity contribution is -0.145. The molecule has 0 atom stereocenters. The van der Waals surface area contributed by atoms with E-state index in [1.54, 1.807) is 0 Å². The van der Waals surface area contributed by atoms with Crippen LogP contribution < -0.4 is 10.2 Å². The summed E-state index contributed by atoms with van der Waals surface area (Å²) in [4.78, 5) is 28.7. The van der Waals surface area contributed by atoms with Gasteiger partial charge < -0.3 is 29.8 Å². The molecule has 0 spiro atoms. The Morgan fingerprint density at radius 3 is 2.10 bits per heavy atom. The topological polar surface area (TPSA) is 119 Å². The molecule has 178 valence electrons. The number of aromatic nitrogens is 1. The van der Waals surface area contributed by atoms with Gasteiger partial charge in [-0.25, -0.2) is 9.59 Å². The van der Waals surface area contributed by atoms with Crippen molar-refractivity contribution < 1.29 is 34.1 Å². The van der Waals surface area contributed by atoms with Gasteiger partial charge in [0.2, 0.25) is 11.8 Å². The van der Waals surface area contributed by atoms with Gasteiger partial charge in [0.1, 0.15) is 5.60 Å². The van der Waals surface area contributed by atoms with Gasteiger partial charge in [0, 0.05) is 30.7 Å². The first-order valence-corrected chi connectivity index (χ1v) is 10.6. The first-order valence-electron chi connectivity index (χ1n) is 10.6. The van der Waals surface area contributed by atoms with Crippen LogP contribution >= 0.6 is 0 Å². The Bertz CT molecular complexity index is 713. The summed E-state index contributed by atoms with van der Waals surface area (Å²) < 4.78 is 12.0. The molecule has 3 N–H and O–H groups in total. The number of aromatic hydroxyl groups is 2. The average molecular weight is 443 g/mol. The number of ether oxygens (including phenoxy) is 2. The van der Waals surface area contributed by atoms with Crippen molar-refractivity contribution in [2.24, 2.45) is 0 Å². The number of hydrogen-bond acceptors (Lipinski definition) is 7. The fourth-order valence-electron chi connectivity index (χ4n) is 2.76. The predicted molar refractivity (Wildman–Crippen MR) is 116 cm³/mol. The van der Waals surface area contributed by atoms with Gasteiger partial charge >= 0.3 is 12.1 Å². The van der Waals surface area contributed by atoms with E-state index in [1.165, 1.54) is 12.1 Å². The monoisotopic (exact) mass is 442 g/mol. The molecular formula is C22H38N2O7. The zero-order chi connectivity index (χ0) is 23.9. The van der Waals surface area contributed by atoms with Gasteiger partial charge in [-0.05, 0) is 67.7 Å². The zero-order valence-corrected chi connectivity index (χ0v) is 19.8. The Kier molecular flexibility index (Phi) is 9.23. The van der Waals surface area contributed by atoms with Crippen LogP contribution in [0.5, 0.6) is 11.8 Å². The molecule has 0 fully saturated rings. The van der Waals surface area contributed by atoms with E-state index in [1.807, 2.05) is 48.5 Å². The van der Waals surface area contributed by atoms with Gasteiger partial charge in [-0.1, -0.05) is 6.42 Å². The number of hydrogen-bond donors (Lipinski definition) is 3. The molecule has 0 aromatic carbocycles. The molecule has 0 aliphatic heterocycles. The lowest BCUT2D eigenvalue weighted by Gasteiger charge is -2.31. The fourth-order valence-corrected chi connectivity index (χ4v) is 2.76. The minimum atomic E-state index is -0.548. The Balaban J connectivity index is 2.29. The minimum Gasteiger partial charge on any atom is -0.492 e. The number of nitrogens with one attached hydrogen (secondary N) is 1. The molecule has 1 amide bonds. The van der Waals surface area contributed by atoms with Crippen molar-refractivity contribution in [2.45, 2.75) is 97.3 Å². The van der Waals surface area contributed by atoms with Gasteiger partial charge in [0.25, 0.3) is 0 Å². The van der Waals surface area contributed by atoms with E-state index in [0.717, 1.165) is 12.8 Å². The maximum atomic E-state index is 12.0. The third-order valence-electron chi connectivity index (χ3n) is 4.46. The molecular weight excluding hydrogens is 404 g/mol. The lowest BCUT2D eigenvalue weighted by Crippen LogP contribution is -2.46. The van der Waals surface area contributed by atoms with Gasteiger partial charge in [-0.2, -0.15) is 0 Å². The standard InChI is InChI=1S/C22H38N2O7/c1-20(2,3)30-19(28)23-21(4,5)14-15-29-22(6,7)13-9-8-10-18(27)31-24-16(25)11-12-17(24)26/h11-12,25-26H,8-10,13-15H2,1-7H3,(H,23,28). The summed E-state index contributed by atoms with van der Waals surface area (Å²) in [5, 5.41) is 21.8. The SMILES string of the molecule is CC(C)(CCOC(C)(C)CCCCC(=O)On1c(O)ccc1O)NC(=O)OC(C)(C)C. The van der Waals surface area contributed by atoms with Crippen LogP contribution in [0.4, 0.5) is 4.79 Å². The highest BCUT2D eigenvalue weighted by Gasteiger charge is 2.26. The number of alkyl carbamates (subject to hydrolysis) is 1. The molecule has 0 bridgehead atoms. The second-order valence-corrected chi connectivity index (χ2v) is 9.88. The summed E-state index contributed by atoms with van der Waals surface area (Å²) in [6, 6.07) is 2.46. The van der Waals surface area contributed by atoms with E-state index < -0.39 is 23.2 Å². The third-order valence-corrected chi connectivity index (χ3v) is 4.46. The van der Waals surface area contributed by atoms with Crippen LogP contribution in [0.1, 0.15) is 80.6 Å². The summed E-state index contributed by atoms with van der Waals surface area (Å²) in [6.07, 6.45) is 2.38. The maximum absolute atomic E-state index is 12.0. The smallest absolute Gasteiger partial charge is 0.408 e. The van der Waals surface area contributed by atoms with Gasteiger partial charge in [0.05, 0.1) is 5.60 Å². The molecule has 0 aliphatic rings. The van der Waals surface area contributed by atoms with Crippen LogP contribution in [0.2, 0.25) is 0 Å². The van der Waals surface area contributed by atoms with E-state index in [4.69, 9.17) is 14.3 Å². The van der Waals surface area contributed by atoms with Gasteiger partial charge in [-0.3, -0.25) is 0 Å². The number of unbranched alkanes of at least 4 members (excludes halogenated alkanes) is 1. The number of rotatable bonds is 11. The average Bonchev–Trinajstić information content (AvgIpc) is 2.88. The van der Waals surface area contributed by atoms with Crippen molar-refractivity contribution in [1.29, 1.82) is 0 Å². The van der Waals surface area contributed by atoms with Crippen molar-refractivity contribution in [3.8, 4) is 11.8 Å². The zero-order valence-electron chi connectivity index (χ0n) is 19.8. The second kappa shape index (κ2) is 10.7. The van der Waals surface area contributed by atoms with Crippen LogP contribution in [-0.4, -0.2) is 50.4 Å². The number of nitrogens with zero attached hydrogens (tertiary/aromatic N) is 1. The molecule has 0 radical (unpaired) electrons. The molecule has 1 aromatic rings. The van der Waals surface area contributed by atoms with Crippen molar-refractivity contribution in [2.75, 3.05) is 6.61 Å². The van der Waals surface area contributed by atoms with Crippen molar-refractivity contribution in [1.82, 2.24) is 10.0 Å². The van der Waals surface area contributed by atoms with Crippen LogP contribution in [0.15, 0.2) is 12.1 Å². The van der Waals surface area contributed by atoms with Crippen molar-refractivity contribution in [3.05, 3.63) is 12.1 Å². The largest absolute Gasteiger partial charge is 0.492 e. The summed E-state index contributed by atoms with van der Waals surface area (Å²) in [6.45, 7) is 13.7. The first kappa shape index (κ1) is 26.6. The van der Waals surface area contributed by atoms with Crippen LogP contribution in [-0.2, 0) is 14.3 Å². The molecule has 0 saturated carbocycles. The molecule has 1 heterocycles. The van der Waals surface area contributed by atoms with Crippen molar-refractivity contribution >= 4 is 12.1 Å². The maximum Gasteiger partial charge on any atom is 0.408 e. The van der Waals surface area contributed by atoms with E-state index in [-0.39, 0.29) is 23.8 Å². The fraction of sp³-hybridized carbons (Fsp3) is 0.727. The molecule has 9 nitrogen and oxygen atoms in total. The third kappa shape index (κ3) is 11.0. The summed E-state index contributed by atoms with van der Waals surface area (Å²) >= 11 is 0. The molecule has 1 aromatic heterocycles. The molecule has 1 rings (SSSR count). The Labute approximate surface area is 184 Å². The van der Waals surface area contributed by atoms with E-state index in [0.29, 0.717) is 24.2 Å². The minimum absolute atomic E-state index is 0.153. The predicted octanol–water partition coefficient (Wildman–Crippen LogP) is 3.90.